The van der Waals surface area contributed by atoms with E-state index in [1.165, 1.54) is 0 Å². The van der Waals surface area contributed by atoms with Gasteiger partial charge < -0.3 is 24.3 Å². The van der Waals surface area contributed by atoms with E-state index >= 15 is 0 Å². The van der Waals surface area contributed by atoms with Crippen molar-refractivity contribution in [3.63, 3.8) is 0 Å². The maximum Gasteiger partial charge on any atom is 0.207 e. The van der Waals surface area contributed by atoms with Crippen LogP contribution in [0.25, 0.3) is 0 Å². The number of carbonyl (C=O) groups is 1. The maximum atomic E-state index is 9.90. The predicted molar refractivity (Wildman–Crippen MR) is 66.2 cm³/mol. The van der Waals surface area contributed by atoms with Gasteiger partial charge in [-0.05, 0) is 0 Å². The van der Waals surface area contributed by atoms with Crippen LogP contribution in [0.2, 0.25) is 0 Å². The lowest BCUT2D eigenvalue weighted by Crippen LogP contribution is -2.19. The van der Waals surface area contributed by atoms with E-state index in [-0.39, 0.29) is 0 Å². The van der Waals surface area contributed by atoms with E-state index in [1.807, 2.05) is 0 Å². The Hall–Kier alpha value is -1.13. The van der Waals surface area contributed by atoms with Gasteiger partial charge in [0.2, 0.25) is 6.41 Å². The molecule has 0 aromatic carbocycles. The monoisotopic (exact) mass is 259 g/mol. The Labute approximate surface area is 108 Å². The molecule has 1 amide bonds. The zero-order valence-electron chi connectivity index (χ0n) is 10.6. The molecule has 0 aromatic rings. The van der Waals surface area contributed by atoms with Crippen LogP contribution in [-0.2, 0) is 23.7 Å². The molecule has 0 aliphatic rings. The largest absolute Gasteiger partial charge is 0.377 e. The van der Waals surface area contributed by atoms with E-state index in [9.17, 15) is 4.79 Å². The van der Waals surface area contributed by atoms with E-state index in [1.54, 1.807) is 0 Å². The number of carbonyl (C=O) groups excluding carboxylic acids is 1. The quantitative estimate of drug-likeness (QED) is 0.257. The second-order valence-electron chi connectivity index (χ2n) is 3.17. The lowest BCUT2D eigenvalue weighted by atomic mass is 10.6. The van der Waals surface area contributed by atoms with Crippen LogP contribution in [0.3, 0.4) is 0 Å². The highest BCUT2D eigenvalue weighted by Crippen LogP contribution is 1.82. The molecular formula is C12H21NO5. The van der Waals surface area contributed by atoms with Crippen LogP contribution in [0.15, 0.2) is 0 Å². The minimum Gasteiger partial charge on any atom is -0.377 e. The van der Waals surface area contributed by atoms with Gasteiger partial charge in [-0.15, -0.1) is 6.42 Å². The number of nitrogens with one attached hydrogen (secondary N) is 1. The molecule has 6 heteroatoms. The van der Waals surface area contributed by atoms with Crippen molar-refractivity contribution in [2.24, 2.45) is 0 Å². The summed E-state index contributed by atoms with van der Waals surface area (Å²) in [5, 5.41) is 2.50. The average Bonchev–Trinajstić information content (AvgIpc) is 2.39. The first-order valence-electron chi connectivity index (χ1n) is 5.83. The molecule has 6 nitrogen and oxygen atoms in total. The molecule has 0 atom stereocenters. The van der Waals surface area contributed by atoms with Crippen LogP contribution < -0.4 is 5.32 Å². The minimum absolute atomic E-state index is 0.316. The van der Waals surface area contributed by atoms with Crippen molar-refractivity contribution < 1.29 is 23.7 Å². The number of rotatable bonds is 14. The standard InChI is InChI=1S/C12H21NO5/c1-2-4-15-6-8-17-10-11-18-9-7-16-5-3-13-12-14/h1,12H,3-11H2,(H,13,14). The van der Waals surface area contributed by atoms with E-state index < -0.39 is 0 Å². The number of ether oxygens (including phenoxy) is 4. The van der Waals surface area contributed by atoms with Crippen LogP contribution in [0.4, 0.5) is 0 Å². The number of terminal acetylenes is 1. The van der Waals surface area contributed by atoms with Gasteiger partial charge in [0, 0.05) is 6.54 Å². The van der Waals surface area contributed by atoms with E-state index in [4.69, 9.17) is 25.4 Å². The van der Waals surface area contributed by atoms with Gasteiger partial charge in [-0.25, -0.2) is 0 Å². The average molecular weight is 259 g/mol. The third kappa shape index (κ3) is 14.9. The number of hydrogen-bond donors (Lipinski definition) is 1. The molecule has 0 rings (SSSR count). The molecule has 18 heavy (non-hydrogen) atoms. The second kappa shape index (κ2) is 15.9. The first-order chi connectivity index (χ1) is 8.91. The van der Waals surface area contributed by atoms with Gasteiger partial charge in [-0.1, -0.05) is 5.92 Å². The molecule has 0 radical (unpaired) electrons. The highest BCUT2D eigenvalue weighted by atomic mass is 16.6. The molecule has 0 fully saturated rings. The first-order valence-corrected chi connectivity index (χ1v) is 5.83. The Kier molecular flexibility index (Phi) is 14.9. The Balaban J connectivity index is 2.90. The highest BCUT2D eigenvalue weighted by Gasteiger charge is 1.91. The lowest BCUT2D eigenvalue weighted by Gasteiger charge is -2.06. The smallest absolute Gasteiger partial charge is 0.207 e. The Morgan fingerprint density at radius 3 is 1.89 bits per heavy atom. The van der Waals surface area contributed by atoms with Crippen LogP contribution >= 0.6 is 0 Å². The fraction of sp³-hybridized carbons (Fsp3) is 0.750. The zero-order chi connectivity index (χ0) is 13.3. The Bertz CT molecular complexity index is 217. The normalized spacial score (nSPS) is 9.94. The van der Waals surface area contributed by atoms with E-state index in [0.29, 0.717) is 65.8 Å². The number of hydrogen-bond acceptors (Lipinski definition) is 5. The minimum atomic E-state index is 0.316. The van der Waals surface area contributed by atoms with Gasteiger partial charge in [0.1, 0.15) is 6.61 Å². The fourth-order valence-corrected chi connectivity index (χ4v) is 0.981. The molecule has 0 spiro atoms. The van der Waals surface area contributed by atoms with Gasteiger partial charge in [-0.3, -0.25) is 4.79 Å². The van der Waals surface area contributed by atoms with E-state index in [0.717, 1.165) is 0 Å². The van der Waals surface area contributed by atoms with Crippen molar-refractivity contribution in [3.8, 4) is 12.3 Å². The molecule has 0 heterocycles. The lowest BCUT2D eigenvalue weighted by molar-refractivity contribution is -0.109. The SMILES string of the molecule is C#CCOCCOCCOCCOCCNC=O. The van der Waals surface area contributed by atoms with Gasteiger partial charge in [0.25, 0.3) is 0 Å². The second-order valence-corrected chi connectivity index (χ2v) is 3.17. The summed E-state index contributed by atoms with van der Waals surface area (Å²) in [5.74, 6) is 2.37. The predicted octanol–water partition coefficient (Wildman–Crippen LogP) is -0.568. The molecule has 0 aliphatic carbocycles. The molecule has 0 aromatic heterocycles. The molecule has 0 unspecified atom stereocenters. The van der Waals surface area contributed by atoms with Crippen molar-refractivity contribution in [1.29, 1.82) is 0 Å². The van der Waals surface area contributed by atoms with Crippen molar-refractivity contribution in [3.05, 3.63) is 0 Å². The summed E-state index contributed by atoms with van der Waals surface area (Å²) in [6.45, 7) is 4.39. The molecule has 0 saturated heterocycles. The molecule has 0 saturated carbocycles. The molecule has 0 aliphatic heterocycles. The summed E-state index contributed by atoms with van der Waals surface area (Å²) >= 11 is 0. The molecule has 104 valence electrons. The topological polar surface area (TPSA) is 66.0 Å². The summed E-state index contributed by atoms with van der Waals surface area (Å²) in [6, 6.07) is 0. The summed E-state index contributed by atoms with van der Waals surface area (Å²) in [5.41, 5.74) is 0. The van der Waals surface area contributed by atoms with Crippen molar-refractivity contribution in [2.75, 3.05) is 59.4 Å². The fourth-order valence-electron chi connectivity index (χ4n) is 0.981. The molecular weight excluding hydrogens is 238 g/mol. The van der Waals surface area contributed by atoms with Crippen LogP contribution in [-0.4, -0.2) is 65.8 Å². The van der Waals surface area contributed by atoms with Crippen molar-refractivity contribution in [2.45, 2.75) is 0 Å². The van der Waals surface area contributed by atoms with Gasteiger partial charge in [0.15, 0.2) is 0 Å². The van der Waals surface area contributed by atoms with Crippen LogP contribution in [0.1, 0.15) is 0 Å². The van der Waals surface area contributed by atoms with Gasteiger partial charge in [-0.2, -0.15) is 0 Å². The van der Waals surface area contributed by atoms with Gasteiger partial charge in [0.05, 0.1) is 46.2 Å². The summed E-state index contributed by atoms with van der Waals surface area (Å²) in [4.78, 5) is 9.90. The highest BCUT2D eigenvalue weighted by molar-refractivity contribution is 5.45. The zero-order valence-corrected chi connectivity index (χ0v) is 10.6. The van der Waals surface area contributed by atoms with Crippen LogP contribution in [0, 0.1) is 12.3 Å². The Morgan fingerprint density at radius 2 is 1.39 bits per heavy atom. The molecule has 0 bridgehead atoms. The molecule has 1 N–H and O–H groups in total. The summed E-state index contributed by atoms with van der Waals surface area (Å²) in [6.07, 6.45) is 5.65. The van der Waals surface area contributed by atoms with Crippen molar-refractivity contribution >= 4 is 6.41 Å². The number of amides is 1. The first kappa shape index (κ1) is 16.9. The Morgan fingerprint density at radius 1 is 0.889 bits per heavy atom. The van der Waals surface area contributed by atoms with Crippen LogP contribution in [0.5, 0.6) is 0 Å². The third-order valence-electron chi connectivity index (χ3n) is 1.78. The summed E-state index contributed by atoms with van der Waals surface area (Å²) in [7, 11) is 0. The summed E-state index contributed by atoms with van der Waals surface area (Å²) < 4.78 is 20.7. The maximum absolute atomic E-state index is 9.90. The van der Waals surface area contributed by atoms with Crippen molar-refractivity contribution in [1.82, 2.24) is 5.32 Å². The van der Waals surface area contributed by atoms with Gasteiger partial charge >= 0.3 is 0 Å². The van der Waals surface area contributed by atoms with E-state index in [2.05, 4.69) is 11.2 Å². The third-order valence-corrected chi connectivity index (χ3v) is 1.78.